The number of allylic oxidation sites excluding steroid dienone is 1. The molecule has 43 heavy (non-hydrogen) atoms. The highest BCUT2D eigenvalue weighted by Crippen LogP contribution is 2.26. The molecule has 214 valence electrons. The minimum atomic E-state index is -0.212. The summed E-state index contributed by atoms with van der Waals surface area (Å²) >= 11 is 0. The fraction of sp³-hybridized carbons (Fsp3) is 0.189. The number of nitrogens with one attached hydrogen (secondary N) is 1. The van der Waals surface area contributed by atoms with Crippen LogP contribution < -0.4 is 10.2 Å². The van der Waals surface area contributed by atoms with Crippen molar-refractivity contribution < 1.29 is 14.7 Å². The Morgan fingerprint density at radius 2 is 1.56 bits per heavy atom. The van der Waals surface area contributed by atoms with Crippen LogP contribution in [0, 0.1) is 0 Å². The van der Waals surface area contributed by atoms with Crippen molar-refractivity contribution in [2.45, 2.75) is 31.8 Å². The lowest BCUT2D eigenvalue weighted by Gasteiger charge is -2.31. The van der Waals surface area contributed by atoms with Crippen molar-refractivity contribution in [3.63, 3.8) is 0 Å². The molecule has 0 atom stereocenters. The van der Waals surface area contributed by atoms with Gasteiger partial charge in [0.25, 0.3) is 5.91 Å². The number of hydrogen-bond acceptors (Lipinski definition) is 4. The van der Waals surface area contributed by atoms with Gasteiger partial charge in [0.2, 0.25) is 0 Å². The normalized spacial score (nSPS) is 14.7. The molecule has 7 rings (SSSR count). The summed E-state index contributed by atoms with van der Waals surface area (Å²) in [5.41, 5.74) is 8.66. The lowest BCUT2D eigenvalue weighted by Crippen LogP contribution is -2.35. The molecule has 0 spiro atoms. The van der Waals surface area contributed by atoms with Crippen molar-refractivity contribution >= 4 is 40.0 Å². The van der Waals surface area contributed by atoms with Crippen LogP contribution in [-0.2, 0) is 12.8 Å². The van der Waals surface area contributed by atoms with Crippen molar-refractivity contribution in [2.24, 2.45) is 0 Å². The molecule has 6 nitrogen and oxygen atoms in total. The van der Waals surface area contributed by atoms with Crippen molar-refractivity contribution in [2.75, 3.05) is 23.3 Å². The van der Waals surface area contributed by atoms with Gasteiger partial charge in [0, 0.05) is 59.3 Å². The third-order valence-electron chi connectivity index (χ3n) is 8.58. The number of aliphatic hydroxyl groups is 1. The van der Waals surface area contributed by atoms with Gasteiger partial charge >= 0.3 is 0 Å². The van der Waals surface area contributed by atoms with E-state index in [4.69, 9.17) is 0 Å². The average Bonchev–Trinajstić information content (AvgIpc) is 3.68. The van der Waals surface area contributed by atoms with Crippen molar-refractivity contribution in [1.82, 2.24) is 4.57 Å². The van der Waals surface area contributed by atoms with E-state index in [1.165, 1.54) is 11.1 Å². The number of aromatic nitrogens is 1. The number of benzene rings is 4. The van der Waals surface area contributed by atoms with Crippen LogP contribution in [0.3, 0.4) is 0 Å². The fourth-order valence-corrected chi connectivity index (χ4v) is 6.11. The molecular weight excluding hydrogens is 534 g/mol. The molecule has 5 aromatic rings. The molecule has 1 aromatic heterocycles. The number of anilines is 2. The number of nitrogens with zero attached hydrogens (tertiary/aromatic N) is 2. The number of carbonyl (C=O) groups is 2. The van der Waals surface area contributed by atoms with Crippen LogP contribution >= 0.6 is 0 Å². The Hall–Kier alpha value is -4.94. The molecule has 1 saturated heterocycles. The van der Waals surface area contributed by atoms with E-state index in [-0.39, 0.29) is 17.8 Å². The predicted octanol–water partition coefficient (Wildman–Crippen LogP) is 6.84. The minimum Gasteiger partial charge on any atom is -0.393 e. The van der Waals surface area contributed by atoms with Gasteiger partial charge in [-0.15, -0.1) is 0 Å². The predicted molar refractivity (Wildman–Crippen MR) is 172 cm³/mol. The highest BCUT2D eigenvalue weighted by atomic mass is 16.3. The zero-order valence-corrected chi connectivity index (χ0v) is 23.9. The zero-order chi connectivity index (χ0) is 29.3. The molecule has 4 aromatic carbocycles. The van der Waals surface area contributed by atoms with E-state index in [1.807, 2.05) is 85.1 Å². The number of carbonyl (C=O) groups excluding carboxylic acids is 2. The highest BCUT2D eigenvalue weighted by molar-refractivity contribution is 6.05. The maximum Gasteiger partial charge on any atom is 0.255 e. The Morgan fingerprint density at radius 1 is 0.814 bits per heavy atom. The first-order valence-corrected chi connectivity index (χ1v) is 14.9. The van der Waals surface area contributed by atoms with Crippen LogP contribution in [0.1, 0.15) is 50.2 Å². The number of hydrogen-bond donors (Lipinski definition) is 2. The van der Waals surface area contributed by atoms with E-state index in [9.17, 15) is 14.7 Å². The molecule has 1 amide bonds. The van der Waals surface area contributed by atoms with Gasteiger partial charge in [-0.3, -0.25) is 9.59 Å². The maximum absolute atomic E-state index is 13.0. The van der Waals surface area contributed by atoms with Gasteiger partial charge in [-0.25, -0.2) is 0 Å². The number of piperidine rings is 1. The van der Waals surface area contributed by atoms with E-state index in [0.29, 0.717) is 17.5 Å². The second-order valence-corrected chi connectivity index (χ2v) is 11.5. The number of aliphatic hydroxyl groups excluding tert-OH is 1. The van der Waals surface area contributed by atoms with Gasteiger partial charge in [0.15, 0.2) is 5.78 Å². The number of rotatable bonds is 7. The van der Waals surface area contributed by atoms with Gasteiger partial charge in [0.1, 0.15) is 0 Å². The van der Waals surface area contributed by atoms with E-state index < -0.39 is 0 Å². The van der Waals surface area contributed by atoms with Crippen LogP contribution in [0.4, 0.5) is 11.4 Å². The topological polar surface area (TPSA) is 74.6 Å². The monoisotopic (exact) mass is 567 g/mol. The van der Waals surface area contributed by atoms with E-state index >= 15 is 0 Å². The summed E-state index contributed by atoms with van der Waals surface area (Å²) in [5, 5.41) is 13.8. The molecule has 0 saturated carbocycles. The molecule has 2 heterocycles. The van der Waals surface area contributed by atoms with Gasteiger partial charge in [-0.2, -0.15) is 0 Å². The summed E-state index contributed by atoms with van der Waals surface area (Å²) in [4.78, 5) is 28.2. The van der Waals surface area contributed by atoms with Crippen LogP contribution in [0.2, 0.25) is 0 Å². The standard InChI is InChI=1S/C37H33N3O3/c41-34-17-19-39(20-18-34)32-11-8-28(9-12-32)37(43)38-31-10-15-35-30(24-31)16-21-40(35)33-13-6-27(7-14-33)36(42)23-25-4-5-26-2-1-3-29(26)22-25/h1-2,4-16,21-22,24,34,41H,3,17-20,23H2,(H,38,43). The van der Waals surface area contributed by atoms with Crippen molar-refractivity contribution in [3.8, 4) is 5.69 Å². The molecule has 0 unspecified atom stereocenters. The Labute approximate surface area is 250 Å². The molecule has 0 bridgehead atoms. The Bertz CT molecular complexity index is 1840. The summed E-state index contributed by atoms with van der Waals surface area (Å²) in [5.74, 6) is -0.0487. The number of Topliss-reactive ketones (excluding diaryl/α,β-unsaturated/α-hetero) is 1. The van der Waals surface area contributed by atoms with Crippen LogP contribution in [0.25, 0.3) is 22.7 Å². The molecule has 6 heteroatoms. The second-order valence-electron chi connectivity index (χ2n) is 11.5. The summed E-state index contributed by atoms with van der Waals surface area (Å²) < 4.78 is 2.08. The zero-order valence-electron chi connectivity index (χ0n) is 23.9. The summed E-state index contributed by atoms with van der Waals surface area (Å²) in [6.45, 7) is 1.64. The van der Waals surface area contributed by atoms with Crippen LogP contribution in [-0.4, -0.2) is 40.6 Å². The quantitative estimate of drug-likeness (QED) is 0.211. The Morgan fingerprint density at radius 3 is 2.35 bits per heavy atom. The summed E-state index contributed by atoms with van der Waals surface area (Å²) in [7, 11) is 0. The van der Waals surface area contributed by atoms with E-state index in [0.717, 1.165) is 65.9 Å². The molecule has 1 aliphatic carbocycles. The lowest BCUT2D eigenvalue weighted by atomic mass is 9.99. The Balaban J connectivity index is 1.01. The smallest absolute Gasteiger partial charge is 0.255 e. The van der Waals surface area contributed by atoms with E-state index in [2.05, 4.69) is 39.1 Å². The van der Waals surface area contributed by atoms with Crippen LogP contribution in [0.15, 0.2) is 103 Å². The first-order chi connectivity index (χ1) is 21.0. The van der Waals surface area contributed by atoms with Gasteiger partial charge < -0.3 is 19.9 Å². The molecule has 1 aliphatic heterocycles. The largest absolute Gasteiger partial charge is 0.393 e. The molecule has 2 aliphatic rings. The maximum atomic E-state index is 13.0. The number of ketones is 1. The first kappa shape index (κ1) is 26.9. The lowest BCUT2D eigenvalue weighted by molar-refractivity contribution is 0.0991. The molecular formula is C37H33N3O3. The molecule has 2 N–H and O–H groups in total. The van der Waals surface area contributed by atoms with Gasteiger partial charge in [-0.05, 0) is 109 Å². The van der Waals surface area contributed by atoms with Gasteiger partial charge in [0.05, 0.1) is 11.6 Å². The third-order valence-corrected chi connectivity index (χ3v) is 8.58. The highest BCUT2D eigenvalue weighted by Gasteiger charge is 2.18. The van der Waals surface area contributed by atoms with E-state index in [1.54, 1.807) is 0 Å². The third kappa shape index (κ3) is 5.62. The van der Waals surface area contributed by atoms with Gasteiger partial charge in [-0.1, -0.05) is 30.4 Å². The number of fused-ring (bicyclic) bond motifs is 2. The summed E-state index contributed by atoms with van der Waals surface area (Å²) in [6.07, 6.45) is 8.94. The second kappa shape index (κ2) is 11.4. The van der Waals surface area contributed by atoms with Crippen molar-refractivity contribution in [1.29, 1.82) is 0 Å². The fourth-order valence-electron chi connectivity index (χ4n) is 6.11. The first-order valence-electron chi connectivity index (χ1n) is 14.9. The number of amides is 1. The van der Waals surface area contributed by atoms with Crippen LogP contribution in [0.5, 0.6) is 0 Å². The Kier molecular flexibility index (Phi) is 7.13. The molecule has 1 fully saturated rings. The van der Waals surface area contributed by atoms with Crippen molar-refractivity contribution in [3.05, 3.63) is 131 Å². The summed E-state index contributed by atoms with van der Waals surface area (Å²) in [6, 6.07) is 29.6. The minimum absolute atomic E-state index is 0.108. The average molecular weight is 568 g/mol. The SMILES string of the molecule is O=C(Cc1ccc2c(c1)CC=C2)c1ccc(-n2ccc3cc(NC(=O)c4ccc(N5CCC(O)CC5)cc4)ccc32)cc1. The molecule has 0 radical (unpaired) electrons.